The molecule has 1 rings (SSSR count). The first-order valence-corrected chi connectivity index (χ1v) is 5.11. The lowest BCUT2D eigenvalue weighted by molar-refractivity contribution is -0.00196. The van der Waals surface area contributed by atoms with Crippen molar-refractivity contribution in [2.45, 2.75) is 26.4 Å². The van der Waals surface area contributed by atoms with Crippen molar-refractivity contribution in [3.05, 3.63) is 35.1 Å². The fourth-order valence-electron chi connectivity index (χ4n) is 1.72. The van der Waals surface area contributed by atoms with Crippen LogP contribution >= 0.6 is 0 Å². The van der Waals surface area contributed by atoms with Gasteiger partial charge >= 0.3 is 0 Å². The second kappa shape index (κ2) is 4.29. The molecule has 1 unspecified atom stereocenters. The summed E-state index contributed by atoms with van der Waals surface area (Å²) in [6, 6.07) is 4.41. The van der Waals surface area contributed by atoms with E-state index in [9.17, 15) is 9.50 Å². The van der Waals surface area contributed by atoms with E-state index in [1.165, 1.54) is 12.1 Å². The monoisotopic (exact) mass is 211 g/mol. The van der Waals surface area contributed by atoms with E-state index in [1.54, 1.807) is 6.07 Å². The number of hydrogen-bond donors (Lipinski definition) is 2. The molecule has 0 aliphatic carbocycles. The van der Waals surface area contributed by atoms with Gasteiger partial charge in [-0.05, 0) is 36.1 Å². The Hall–Kier alpha value is -0.930. The molecule has 0 aliphatic heterocycles. The average Bonchev–Trinajstić information content (AvgIpc) is 2.20. The van der Waals surface area contributed by atoms with E-state index < -0.39 is 5.60 Å². The zero-order valence-corrected chi connectivity index (χ0v) is 9.42. The fourth-order valence-corrected chi connectivity index (χ4v) is 1.72. The molecule has 0 aliphatic rings. The predicted molar refractivity (Wildman–Crippen MR) is 58.9 cm³/mol. The number of hydrogen-bond acceptors (Lipinski definition) is 2. The molecule has 15 heavy (non-hydrogen) atoms. The normalized spacial score (nSPS) is 15.4. The highest BCUT2D eigenvalue weighted by atomic mass is 19.1. The van der Waals surface area contributed by atoms with Crippen molar-refractivity contribution < 1.29 is 9.50 Å². The van der Waals surface area contributed by atoms with Crippen LogP contribution in [0.2, 0.25) is 0 Å². The summed E-state index contributed by atoms with van der Waals surface area (Å²) in [6.07, 6.45) is 0. The highest BCUT2D eigenvalue weighted by Gasteiger charge is 2.33. The van der Waals surface area contributed by atoms with E-state index in [1.807, 2.05) is 20.8 Å². The third-order valence-electron chi connectivity index (χ3n) is 2.93. The van der Waals surface area contributed by atoms with Crippen LogP contribution in [0.5, 0.6) is 0 Å². The molecule has 0 amide bonds. The summed E-state index contributed by atoms with van der Waals surface area (Å²) >= 11 is 0. The van der Waals surface area contributed by atoms with Crippen molar-refractivity contribution in [3.63, 3.8) is 0 Å². The third-order valence-corrected chi connectivity index (χ3v) is 2.93. The minimum Gasteiger partial charge on any atom is -0.384 e. The van der Waals surface area contributed by atoms with Crippen LogP contribution in [0.15, 0.2) is 18.2 Å². The predicted octanol–water partition coefficient (Wildman–Crippen LogP) is 1.94. The van der Waals surface area contributed by atoms with Gasteiger partial charge in [0.2, 0.25) is 0 Å². The maximum Gasteiger partial charge on any atom is 0.123 e. The summed E-state index contributed by atoms with van der Waals surface area (Å²) in [7, 11) is 0. The number of halogens is 1. The lowest BCUT2D eigenvalue weighted by atomic mass is 9.81. The molecule has 0 bridgehead atoms. The van der Waals surface area contributed by atoms with Gasteiger partial charge in [-0.3, -0.25) is 0 Å². The maximum absolute atomic E-state index is 13.1. The Morgan fingerprint density at radius 1 is 1.47 bits per heavy atom. The molecule has 1 aromatic carbocycles. The topological polar surface area (TPSA) is 46.2 Å². The average molecular weight is 211 g/mol. The van der Waals surface area contributed by atoms with Gasteiger partial charge in [0.15, 0.2) is 0 Å². The molecule has 84 valence electrons. The van der Waals surface area contributed by atoms with E-state index in [0.29, 0.717) is 5.56 Å². The smallest absolute Gasteiger partial charge is 0.123 e. The highest BCUT2D eigenvalue weighted by Crippen LogP contribution is 2.31. The van der Waals surface area contributed by atoms with Crippen LogP contribution in [-0.4, -0.2) is 11.7 Å². The Bertz CT molecular complexity index is 351. The van der Waals surface area contributed by atoms with Crippen LogP contribution in [0.3, 0.4) is 0 Å². The van der Waals surface area contributed by atoms with Crippen molar-refractivity contribution in [1.82, 2.24) is 0 Å². The van der Waals surface area contributed by atoms with Gasteiger partial charge in [0.25, 0.3) is 0 Å². The zero-order chi connectivity index (χ0) is 11.6. The Morgan fingerprint density at radius 3 is 2.53 bits per heavy atom. The van der Waals surface area contributed by atoms with Crippen LogP contribution < -0.4 is 5.73 Å². The summed E-state index contributed by atoms with van der Waals surface area (Å²) in [5, 5.41) is 10.4. The molecule has 0 fully saturated rings. The number of benzene rings is 1. The Kier molecular flexibility index (Phi) is 3.47. The van der Waals surface area contributed by atoms with Crippen LogP contribution in [0, 0.1) is 18.7 Å². The van der Waals surface area contributed by atoms with Crippen molar-refractivity contribution in [2.24, 2.45) is 11.7 Å². The zero-order valence-electron chi connectivity index (χ0n) is 9.42. The quantitative estimate of drug-likeness (QED) is 0.802. The number of aryl methyl sites for hydroxylation is 1. The molecule has 0 radical (unpaired) electrons. The third kappa shape index (κ3) is 2.19. The largest absolute Gasteiger partial charge is 0.384 e. The lowest BCUT2D eigenvalue weighted by Gasteiger charge is -2.32. The molecule has 1 aromatic rings. The van der Waals surface area contributed by atoms with Crippen LogP contribution in [-0.2, 0) is 5.60 Å². The van der Waals surface area contributed by atoms with E-state index in [2.05, 4.69) is 0 Å². The molecular weight excluding hydrogens is 193 g/mol. The van der Waals surface area contributed by atoms with E-state index in [0.717, 1.165) is 5.56 Å². The van der Waals surface area contributed by atoms with Gasteiger partial charge in [0.1, 0.15) is 11.4 Å². The molecule has 0 aromatic heterocycles. The second-order valence-corrected chi connectivity index (χ2v) is 4.24. The molecule has 2 nitrogen and oxygen atoms in total. The highest BCUT2D eigenvalue weighted by molar-refractivity contribution is 5.32. The summed E-state index contributed by atoms with van der Waals surface area (Å²) in [4.78, 5) is 0. The minimum atomic E-state index is -1.15. The summed E-state index contributed by atoms with van der Waals surface area (Å²) in [5.41, 5.74) is 5.88. The SMILES string of the molecule is Cc1ccc(F)cc1C(O)(CN)C(C)C. The molecule has 0 saturated carbocycles. The second-order valence-electron chi connectivity index (χ2n) is 4.24. The standard InChI is InChI=1S/C12H18FNO/c1-8(2)12(15,7-14)11-6-10(13)5-4-9(11)3/h4-6,8,15H,7,14H2,1-3H3. The number of nitrogens with two attached hydrogens (primary N) is 1. The molecular formula is C12H18FNO. The van der Waals surface area contributed by atoms with Crippen LogP contribution in [0.1, 0.15) is 25.0 Å². The number of aliphatic hydroxyl groups is 1. The van der Waals surface area contributed by atoms with Gasteiger partial charge in [-0.25, -0.2) is 4.39 Å². The van der Waals surface area contributed by atoms with E-state index in [-0.39, 0.29) is 18.3 Å². The van der Waals surface area contributed by atoms with Gasteiger partial charge in [0, 0.05) is 6.54 Å². The minimum absolute atomic E-state index is 0.0528. The summed E-state index contributed by atoms with van der Waals surface area (Å²) in [6.45, 7) is 5.68. The van der Waals surface area contributed by atoms with Gasteiger partial charge < -0.3 is 10.8 Å². The molecule has 1 atom stereocenters. The lowest BCUT2D eigenvalue weighted by Crippen LogP contribution is -2.40. The molecule has 3 heteroatoms. The van der Waals surface area contributed by atoms with Crippen LogP contribution in [0.4, 0.5) is 4.39 Å². The Balaban J connectivity index is 3.29. The molecule has 0 spiro atoms. The first-order chi connectivity index (χ1) is 6.91. The van der Waals surface area contributed by atoms with Crippen molar-refractivity contribution in [1.29, 1.82) is 0 Å². The Morgan fingerprint density at radius 2 is 2.07 bits per heavy atom. The first-order valence-electron chi connectivity index (χ1n) is 5.11. The van der Waals surface area contributed by atoms with Crippen molar-refractivity contribution in [2.75, 3.05) is 6.54 Å². The summed E-state index contributed by atoms with van der Waals surface area (Å²) < 4.78 is 13.1. The van der Waals surface area contributed by atoms with Gasteiger partial charge in [0.05, 0.1) is 0 Å². The van der Waals surface area contributed by atoms with Gasteiger partial charge in [-0.2, -0.15) is 0 Å². The van der Waals surface area contributed by atoms with Crippen molar-refractivity contribution >= 4 is 0 Å². The van der Waals surface area contributed by atoms with Crippen LogP contribution in [0.25, 0.3) is 0 Å². The molecule has 0 heterocycles. The maximum atomic E-state index is 13.1. The van der Waals surface area contributed by atoms with Crippen molar-refractivity contribution in [3.8, 4) is 0 Å². The van der Waals surface area contributed by atoms with E-state index in [4.69, 9.17) is 5.73 Å². The van der Waals surface area contributed by atoms with Gasteiger partial charge in [-0.1, -0.05) is 19.9 Å². The number of rotatable bonds is 3. The molecule has 3 N–H and O–H groups in total. The first kappa shape index (κ1) is 12.1. The fraction of sp³-hybridized carbons (Fsp3) is 0.500. The Labute approximate surface area is 89.9 Å². The summed E-state index contributed by atoms with van der Waals surface area (Å²) in [5.74, 6) is -0.397. The van der Waals surface area contributed by atoms with E-state index >= 15 is 0 Å². The molecule has 0 saturated heterocycles. The van der Waals surface area contributed by atoms with Gasteiger partial charge in [-0.15, -0.1) is 0 Å².